The van der Waals surface area contributed by atoms with Crippen molar-refractivity contribution in [1.29, 1.82) is 0 Å². The molecule has 0 spiro atoms. The van der Waals surface area contributed by atoms with Crippen LogP contribution in [0.4, 0.5) is 10.1 Å². The number of hydrogen-bond acceptors (Lipinski definition) is 4. The predicted molar refractivity (Wildman–Crippen MR) is 131 cm³/mol. The molecule has 1 fully saturated rings. The van der Waals surface area contributed by atoms with Crippen LogP contribution in [-0.4, -0.2) is 44.0 Å². The molecule has 1 aromatic heterocycles. The Morgan fingerprint density at radius 2 is 1.94 bits per heavy atom. The number of furan rings is 1. The molecule has 3 heterocycles. The summed E-state index contributed by atoms with van der Waals surface area (Å²) in [7, 11) is 2.01. The van der Waals surface area contributed by atoms with E-state index in [1.54, 1.807) is 18.4 Å². The quantitative estimate of drug-likeness (QED) is 0.529. The molecule has 1 saturated heterocycles. The van der Waals surface area contributed by atoms with E-state index in [-0.39, 0.29) is 11.7 Å². The summed E-state index contributed by atoms with van der Waals surface area (Å²) in [5, 5.41) is 5.88. The van der Waals surface area contributed by atoms with Crippen LogP contribution in [0.25, 0.3) is 22.8 Å². The number of carbonyl (C=O) groups is 1. The van der Waals surface area contributed by atoms with Crippen LogP contribution in [-0.2, 0) is 4.79 Å². The van der Waals surface area contributed by atoms with Crippen LogP contribution in [0, 0.1) is 12.7 Å². The third kappa shape index (κ3) is 5.78. The molecule has 33 heavy (non-hydrogen) atoms. The number of aryl methyl sites for hydroxylation is 1. The van der Waals surface area contributed by atoms with Crippen LogP contribution in [0.15, 0.2) is 59.2 Å². The molecular weight excluding hydrogens is 417 g/mol. The minimum Gasteiger partial charge on any atom is -0.464 e. The van der Waals surface area contributed by atoms with Crippen LogP contribution < -0.4 is 10.6 Å². The Hall–Kier alpha value is -3.22. The van der Waals surface area contributed by atoms with Gasteiger partial charge in [-0.05, 0) is 75.8 Å². The Morgan fingerprint density at radius 1 is 1.12 bits per heavy atom. The molecule has 2 aliphatic heterocycles. The normalized spacial score (nSPS) is 16.5. The van der Waals surface area contributed by atoms with Gasteiger partial charge in [-0.2, -0.15) is 0 Å². The molecule has 0 bridgehead atoms. The van der Waals surface area contributed by atoms with Gasteiger partial charge in [0.15, 0.2) is 0 Å². The summed E-state index contributed by atoms with van der Waals surface area (Å²) in [6.45, 7) is 7.04. The lowest BCUT2D eigenvalue weighted by atomic mass is 10.0. The second-order valence-corrected chi connectivity index (χ2v) is 8.46. The minimum atomic E-state index is -0.379. The number of nitrogens with one attached hydrogen (secondary N) is 2. The van der Waals surface area contributed by atoms with Gasteiger partial charge in [0, 0.05) is 29.9 Å². The molecule has 172 valence electrons. The molecule has 0 aliphatic carbocycles. The van der Waals surface area contributed by atoms with E-state index < -0.39 is 0 Å². The molecule has 1 amide bonds. The van der Waals surface area contributed by atoms with Crippen molar-refractivity contribution in [2.24, 2.45) is 0 Å². The molecule has 2 aliphatic rings. The number of likely N-dealkylation sites (tertiary alicyclic amines) is 1. The van der Waals surface area contributed by atoms with Crippen LogP contribution in [0.3, 0.4) is 0 Å². The third-order valence-corrected chi connectivity index (χ3v) is 5.90. The number of anilines is 1. The fraction of sp³-hybridized carbons (Fsp3) is 0.296. The van der Waals surface area contributed by atoms with E-state index in [4.69, 9.17) is 4.42 Å². The van der Waals surface area contributed by atoms with E-state index in [0.29, 0.717) is 22.6 Å². The van der Waals surface area contributed by atoms with E-state index >= 15 is 0 Å². The van der Waals surface area contributed by atoms with Crippen molar-refractivity contribution in [2.45, 2.75) is 19.8 Å². The molecule has 0 radical (unpaired) electrons. The lowest BCUT2D eigenvalue weighted by Gasteiger charge is -2.12. The van der Waals surface area contributed by atoms with Gasteiger partial charge in [0.2, 0.25) is 0 Å². The summed E-state index contributed by atoms with van der Waals surface area (Å²) < 4.78 is 19.0. The van der Waals surface area contributed by atoms with Gasteiger partial charge in [-0.3, -0.25) is 4.79 Å². The Kier molecular flexibility index (Phi) is 7.37. The molecule has 2 aromatic carbocycles. The fourth-order valence-corrected chi connectivity index (χ4v) is 4.13. The number of carbonyl (C=O) groups excluding carboxylic acids is 1. The van der Waals surface area contributed by atoms with Crippen molar-refractivity contribution < 1.29 is 13.6 Å². The second-order valence-electron chi connectivity index (χ2n) is 8.46. The van der Waals surface area contributed by atoms with Crippen LogP contribution in [0.1, 0.15) is 29.7 Å². The zero-order chi connectivity index (χ0) is 23.2. The molecule has 6 heteroatoms. The highest BCUT2D eigenvalue weighted by Gasteiger charge is 2.25. The maximum atomic E-state index is 13.5. The van der Waals surface area contributed by atoms with Gasteiger partial charge >= 0.3 is 0 Å². The molecule has 0 saturated carbocycles. The Morgan fingerprint density at radius 3 is 2.70 bits per heavy atom. The van der Waals surface area contributed by atoms with Crippen molar-refractivity contribution in [3.05, 3.63) is 77.5 Å². The van der Waals surface area contributed by atoms with E-state index in [1.807, 2.05) is 38.2 Å². The first-order valence-electron chi connectivity index (χ1n) is 11.4. The molecular formula is C27H30FN3O2. The standard InChI is InChI=1S/C20H14FNO2.C7H16N2/c1-12-3-2-4-13(7-12)14-8-16(24-11-14)10-18-17-9-15(21)5-6-19(17)22-20(18)23;1-8-4-7-9-5-2-3-6-9/h2-11H,1H3,(H,22,23);8H,2-7H2,1H3/b18-10+;. The largest absolute Gasteiger partial charge is 0.464 e. The number of rotatable bonds is 5. The average Bonchev–Trinajstić information content (AvgIpc) is 3.55. The van der Waals surface area contributed by atoms with Gasteiger partial charge in [0.1, 0.15) is 11.6 Å². The molecule has 0 atom stereocenters. The summed E-state index contributed by atoms with van der Waals surface area (Å²) in [4.78, 5) is 14.6. The SMILES string of the molecule is CNCCN1CCCC1.Cc1cccc(-c2coc(/C=C3/C(=O)Nc4ccc(F)cc43)c2)c1. The first kappa shape index (κ1) is 23.0. The van der Waals surface area contributed by atoms with Gasteiger partial charge in [-0.1, -0.05) is 29.8 Å². The van der Waals surface area contributed by atoms with Crippen LogP contribution in [0.2, 0.25) is 0 Å². The smallest absolute Gasteiger partial charge is 0.256 e. The number of likely N-dealkylation sites (N-methyl/N-ethyl adjacent to an activating group) is 1. The van der Waals surface area contributed by atoms with Gasteiger partial charge in [0.05, 0.1) is 11.8 Å². The number of benzene rings is 2. The zero-order valence-corrected chi connectivity index (χ0v) is 19.2. The van der Waals surface area contributed by atoms with E-state index in [0.717, 1.165) is 23.2 Å². The van der Waals surface area contributed by atoms with Crippen LogP contribution in [0.5, 0.6) is 0 Å². The molecule has 5 rings (SSSR count). The molecule has 3 aromatic rings. The lowest BCUT2D eigenvalue weighted by Crippen LogP contribution is -2.27. The Balaban J connectivity index is 0.000000243. The van der Waals surface area contributed by atoms with Crippen molar-refractivity contribution in [2.75, 3.05) is 38.5 Å². The number of hydrogen-bond donors (Lipinski definition) is 2. The number of nitrogens with zero attached hydrogens (tertiary/aromatic N) is 1. The highest BCUT2D eigenvalue weighted by atomic mass is 19.1. The zero-order valence-electron chi connectivity index (χ0n) is 19.2. The third-order valence-electron chi connectivity index (χ3n) is 5.90. The first-order chi connectivity index (χ1) is 16.0. The van der Waals surface area contributed by atoms with E-state index in [1.165, 1.54) is 44.6 Å². The van der Waals surface area contributed by atoms with Crippen molar-refractivity contribution in [3.8, 4) is 11.1 Å². The van der Waals surface area contributed by atoms with Gasteiger partial charge in [-0.15, -0.1) is 0 Å². The topological polar surface area (TPSA) is 57.5 Å². The minimum absolute atomic E-state index is 0.260. The molecule has 5 nitrogen and oxygen atoms in total. The fourth-order valence-electron chi connectivity index (χ4n) is 4.13. The Labute approximate surface area is 194 Å². The number of halogens is 1. The summed E-state index contributed by atoms with van der Waals surface area (Å²) in [5.74, 6) is -0.0890. The first-order valence-corrected chi connectivity index (χ1v) is 11.4. The van der Waals surface area contributed by atoms with Gasteiger partial charge in [0.25, 0.3) is 5.91 Å². The van der Waals surface area contributed by atoms with Gasteiger partial charge in [-0.25, -0.2) is 4.39 Å². The van der Waals surface area contributed by atoms with Gasteiger partial charge < -0.3 is 20.0 Å². The predicted octanol–water partition coefficient (Wildman–Crippen LogP) is 5.19. The monoisotopic (exact) mass is 447 g/mol. The highest BCUT2D eigenvalue weighted by Crippen LogP contribution is 2.34. The van der Waals surface area contributed by atoms with Crippen molar-refractivity contribution in [3.63, 3.8) is 0 Å². The summed E-state index contributed by atoms with van der Waals surface area (Å²) in [5.41, 5.74) is 4.70. The second kappa shape index (κ2) is 10.6. The van der Waals surface area contributed by atoms with E-state index in [2.05, 4.69) is 21.6 Å². The van der Waals surface area contributed by atoms with E-state index in [9.17, 15) is 9.18 Å². The summed E-state index contributed by atoms with van der Waals surface area (Å²) in [6, 6.07) is 14.2. The Bertz CT molecular complexity index is 1150. The maximum Gasteiger partial charge on any atom is 0.256 e. The molecule has 0 unspecified atom stereocenters. The van der Waals surface area contributed by atoms with Crippen molar-refractivity contribution >= 4 is 23.2 Å². The number of fused-ring (bicyclic) bond motifs is 1. The number of amides is 1. The summed E-state index contributed by atoms with van der Waals surface area (Å²) in [6.07, 6.45) is 6.11. The summed E-state index contributed by atoms with van der Waals surface area (Å²) >= 11 is 0. The maximum absolute atomic E-state index is 13.5. The molecule has 2 N–H and O–H groups in total. The van der Waals surface area contributed by atoms with Crippen LogP contribution >= 0.6 is 0 Å². The van der Waals surface area contributed by atoms with Crippen molar-refractivity contribution in [1.82, 2.24) is 10.2 Å². The average molecular weight is 448 g/mol. The lowest BCUT2D eigenvalue weighted by molar-refractivity contribution is -0.110. The highest BCUT2D eigenvalue weighted by molar-refractivity contribution is 6.34.